The molecule has 0 saturated heterocycles. The van der Waals surface area contributed by atoms with Crippen molar-refractivity contribution in [2.24, 2.45) is 5.92 Å². The van der Waals surface area contributed by atoms with E-state index in [-0.39, 0.29) is 21.8 Å². The number of halogens is 2. The van der Waals surface area contributed by atoms with E-state index in [2.05, 4.69) is 29.4 Å². The summed E-state index contributed by atoms with van der Waals surface area (Å²) < 4.78 is 5.40. The topological polar surface area (TPSA) is 64.1 Å². The van der Waals surface area contributed by atoms with E-state index in [1.165, 1.54) is 6.07 Å². The first-order valence-corrected chi connectivity index (χ1v) is 6.81. The summed E-state index contributed by atoms with van der Waals surface area (Å²) in [5.74, 6) is 0.198. The fraction of sp³-hybridized carbons (Fsp3) is 0.583. The summed E-state index contributed by atoms with van der Waals surface area (Å²) in [7, 11) is 0. The van der Waals surface area contributed by atoms with Crippen LogP contribution in [0.4, 0.5) is 0 Å². The second-order valence-electron chi connectivity index (χ2n) is 4.45. The number of carbonyl (C=O) groups is 1. The molecule has 19 heavy (non-hydrogen) atoms. The lowest BCUT2D eigenvalue weighted by Crippen LogP contribution is -2.26. The third-order valence-corrected chi connectivity index (χ3v) is 2.63. The lowest BCUT2D eigenvalue weighted by atomic mass is 10.2. The molecule has 0 unspecified atom stereocenters. The number of nitrogens with zero attached hydrogens (tertiary/aromatic N) is 2. The van der Waals surface area contributed by atoms with Gasteiger partial charge in [0.25, 0.3) is 5.91 Å². The molecule has 0 bridgehead atoms. The zero-order chi connectivity index (χ0) is 14.3. The molecule has 0 fully saturated rings. The summed E-state index contributed by atoms with van der Waals surface area (Å²) in [6.45, 7) is 6.02. The van der Waals surface area contributed by atoms with Crippen molar-refractivity contribution >= 4 is 29.1 Å². The highest BCUT2D eigenvalue weighted by Crippen LogP contribution is 2.14. The van der Waals surface area contributed by atoms with Gasteiger partial charge in [0.1, 0.15) is 0 Å². The van der Waals surface area contributed by atoms with Gasteiger partial charge in [0.15, 0.2) is 10.3 Å². The number of amides is 1. The van der Waals surface area contributed by atoms with Crippen LogP contribution in [0, 0.1) is 5.92 Å². The van der Waals surface area contributed by atoms with Crippen molar-refractivity contribution in [1.29, 1.82) is 0 Å². The molecule has 1 heterocycles. The van der Waals surface area contributed by atoms with E-state index < -0.39 is 0 Å². The van der Waals surface area contributed by atoms with E-state index in [1.54, 1.807) is 0 Å². The molecule has 1 N–H and O–H groups in total. The number of carbonyl (C=O) groups excluding carboxylic acids is 1. The smallest absolute Gasteiger partial charge is 0.254 e. The maximum absolute atomic E-state index is 11.8. The van der Waals surface area contributed by atoms with Crippen molar-refractivity contribution < 1.29 is 9.53 Å². The molecule has 0 aromatic carbocycles. The third-order valence-electron chi connectivity index (χ3n) is 2.17. The van der Waals surface area contributed by atoms with Gasteiger partial charge in [-0.1, -0.05) is 37.0 Å². The first kappa shape index (κ1) is 16.1. The highest BCUT2D eigenvalue weighted by molar-refractivity contribution is 6.34. The van der Waals surface area contributed by atoms with Gasteiger partial charge >= 0.3 is 0 Å². The largest absolute Gasteiger partial charge is 0.381 e. The minimum absolute atomic E-state index is 0.0398. The monoisotopic (exact) mass is 305 g/mol. The quantitative estimate of drug-likeness (QED) is 0.786. The lowest BCUT2D eigenvalue weighted by Gasteiger charge is -2.08. The van der Waals surface area contributed by atoms with Crippen LogP contribution in [-0.4, -0.2) is 35.9 Å². The predicted molar refractivity (Wildman–Crippen MR) is 74.7 cm³/mol. The van der Waals surface area contributed by atoms with Gasteiger partial charge in [0.05, 0.1) is 5.56 Å². The van der Waals surface area contributed by atoms with Crippen molar-refractivity contribution in [3.8, 4) is 0 Å². The SMILES string of the molecule is CC(C)COCCCNC(=O)c1cc(Cl)nnc1Cl. The number of rotatable bonds is 7. The fourth-order valence-corrected chi connectivity index (χ4v) is 1.63. The standard InChI is InChI=1S/C12H17Cl2N3O2/c1-8(2)7-19-5-3-4-15-12(18)9-6-10(13)16-17-11(9)14/h6,8H,3-5,7H2,1-2H3,(H,15,18). The van der Waals surface area contributed by atoms with Gasteiger partial charge in [0.2, 0.25) is 0 Å². The number of hydrogen-bond acceptors (Lipinski definition) is 4. The molecule has 1 rings (SSSR count). The normalized spacial score (nSPS) is 10.8. The summed E-state index contributed by atoms with van der Waals surface area (Å²) in [6, 6.07) is 1.39. The summed E-state index contributed by atoms with van der Waals surface area (Å²) in [5, 5.41) is 10.0. The molecule has 0 atom stereocenters. The fourth-order valence-electron chi connectivity index (χ4n) is 1.30. The Bertz CT molecular complexity index is 427. The van der Waals surface area contributed by atoms with Gasteiger partial charge in [-0.2, -0.15) is 0 Å². The molecule has 1 aromatic heterocycles. The minimum atomic E-state index is -0.314. The van der Waals surface area contributed by atoms with Crippen LogP contribution in [0.2, 0.25) is 10.3 Å². The highest BCUT2D eigenvalue weighted by Gasteiger charge is 2.12. The van der Waals surface area contributed by atoms with Crippen LogP contribution in [0.25, 0.3) is 0 Å². The Morgan fingerprint density at radius 2 is 2.16 bits per heavy atom. The van der Waals surface area contributed by atoms with E-state index in [0.717, 1.165) is 13.0 Å². The number of ether oxygens (including phenoxy) is 1. The number of aromatic nitrogens is 2. The molecule has 5 nitrogen and oxygen atoms in total. The Balaban J connectivity index is 2.29. The number of nitrogens with one attached hydrogen (secondary N) is 1. The Morgan fingerprint density at radius 1 is 1.42 bits per heavy atom. The molecular weight excluding hydrogens is 289 g/mol. The van der Waals surface area contributed by atoms with E-state index in [1.807, 2.05) is 0 Å². The van der Waals surface area contributed by atoms with Gasteiger partial charge in [0, 0.05) is 19.8 Å². The summed E-state index contributed by atoms with van der Waals surface area (Å²) >= 11 is 11.4. The van der Waals surface area contributed by atoms with Crippen LogP contribution >= 0.6 is 23.2 Å². The Labute approximate surface area is 122 Å². The van der Waals surface area contributed by atoms with E-state index in [0.29, 0.717) is 19.1 Å². The van der Waals surface area contributed by atoms with Crippen molar-refractivity contribution in [3.63, 3.8) is 0 Å². The van der Waals surface area contributed by atoms with Crippen LogP contribution in [0.1, 0.15) is 30.6 Å². The molecule has 0 radical (unpaired) electrons. The van der Waals surface area contributed by atoms with E-state index >= 15 is 0 Å². The van der Waals surface area contributed by atoms with Crippen LogP contribution in [-0.2, 0) is 4.74 Å². The van der Waals surface area contributed by atoms with Gasteiger partial charge in [-0.05, 0) is 18.4 Å². The molecule has 0 aliphatic heterocycles. The van der Waals surface area contributed by atoms with Gasteiger partial charge in [-0.3, -0.25) is 4.79 Å². The zero-order valence-electron chi connectivity index (χ0n) is 10.9. The Morgan fingerprint density at radius 3 is 2.84 bits per heavy atom. The molecule has 0 aliphatic rings. The van der Waals surface area contributed by atoms with Crippen molar-refractivity contribution in [1.82, 2.24) is 15.5 Å². The summed E-state index contributed by atoms with van der Waals surface area (Å²) in [4.78, 5) is 11.8. The van der Waals surface area contributed by atoms with E-state index in [4.69, 9.17) is 27.9 Å². The molecule has 0 aliphatic carbocycles. The first-order valence-electron chi connectivity index (χ1n) is 6.05. The molecule has 106 valence electrons. The first-order chi connectivity index (χ1) is 9.00. The van der Waals surface area contributed by atoms with Crippen LogP contribution in [0.15, 0.2) is 6.07 Å². The molecular formula is C12H17Cl2N3O2. The Kier molecular flexibility index (Phi) is 7.05. The average Bonchev–Trinajstić information content (AvgIpc) is 2.36. The van der Waals surface area contributed by atoms with Crippen molar-refractivity contribution in [3.05, 3.63) is 21.9 Å². The van der Waals surface area contributed by atoms with Crippen LogP contribution in [0.5, 0.6) is 0 Å². The van der Waals surface area contributed by atoms with Crippen LogP contribution < -0.4 is 5.32 Å². The van der Waals surface area contributed by atoms with Gasteiger partial charge < -0.3 is 10.1 Å². The maximum atomic E-state index is 11.8. The van der Waals surface area contributed by atoms with Crippen molar-refractivity contribution in [2.45, 2.75) is 20.3 Å². The van der Waals surface area contributed by atoms with E-state index in [9.17, 15) is 4.79 Å². The average molecular weight is 306 g/mol. The number of hydrogen-bond donors (Lipinski definition) is 1. The summed E-state index contributed by atoms with van der Waals surface area (Å²) in [5.41, 5.74) is 0.227. The van der Waals surface area contributed by atoms with Gasteiger partial charge in [-0.25, -0.2) is 0 Å². The maximum Gasteiger partial charge on any atom is 0.254 e. The summed E-state index contributed by atoms with van der Waals surface area (Å²) in [6.07, 6.45) is 0.738. The van der Waals surface area contributed by atoms with Crippen molar-refractivity contribution in [2.75, 3.05) is 19.8 Å². The molecule has 0 spiro atoms. The highest BCUT2D eigenvalue weighted by atomic mass is 35.5. The second kappa shape index (κ2) is 8.30. The predicted octanol–water partition coefficient (Wildman–Crippen LogP) is 2.58. The molecule has 1 amide bonds. The third kappa shape index (κ3) is 6.18. The minimum Gasteiger partial charge on any atom is -0.381 e. The zero-order valence-corrected chi connectivity index (χ0v) is 12.5. The Hall–Kier alpha value is -0.910. The second-order valence-corrected chi connectivity index (χ2v) is 5.20. The van der Waals surface area contributed by atoms with Gasteiger partial charge in [-0.15, -0.1) is 10.2 Å². The van der Waals surface area contributed by atoms with Crippen LogP contribution in [0.3, 0.4) is 0 Å². The lowest BCUT2D eigenvalue weighted by molar-refractivity contribution is 0.0924. The molecule has 1 aromatic rings. The molecule has 0 saturated carbocycles. The molecule has 7 heteroatoms.